The molecule has 3 N–H and O–H groups in total. The lowest BCUT2D eigenvalue weighted by molar-refractivity contribution is -0.118. The molecule has 1 aromatic heterocycles. The molecule has 1 atom stereocenters. The third-order valence-electron chi connectivity index (χ3n) is 1.85. The number of amides is 1. The van der Waals surface area contributed by atoms with Crippen LogP contribution in [-0.4, -0.2) is 35.9 Å². The van der Waals surface area contributed by atoms with Crippen LogP contribution < -0.4 is 11.1 Å². The standard InChI is InChI=1S/C9H14N4O2/c1-15-7(6-10)5-9(14)12-8-3-2-4-11-13-8/h2-4,7H,5-6,10H2,1H3,(H,12,13,14). The van der Waals surface area contributed by atoms with Crippen LogP contribution in [0.2, 0.25) is 0 Å². The molecule has 15 heavy (non-hydrogen) atoms. The predicted molar refractivity (Wildman–Crippen MR) is 55.1 cm³/mol. The normalized spacial score (nSPS) is 12.1. The summed E-state index contributed by atoms with van der Waals surface area (Å²) in [5, 5.41) is 9.95. The largest absolute Gasteiger partial charge is 0.380 e. The molecule has 0 aliphatic carbocycles. The van der Waals surface area contributed by atoms with E-state index in [2.05, 4.69) is 15.5 Å². The van der Waals surface area contributed by atoms with E-state index in [-0.39, 0.29) is 18.4 Å². The first kappa shape index (κ1) is 11.5. The Labute approximate surface area is 87.8 Å². The SMILES string of the molecule is COC(CN)CC(=O)Nc1cccnn1. The van der Waals surface area contributed by atoms with E-state index in [9.17, 15) is 4.79 Å². The van der Waals surface area contributed by atoms with Crippen LogP contribution >= 0.6 is 0 Å². The Hall–Kier alpha value is -1.53. The molecule has 0 saturated heterocycles. The number of ether oxygens (including phenoxy) is 1. The molecule has 1 heterocycles. The lowest BCUT2D eigenvalue weighted by Crippen LogP contribution is -2.28. The summed E-state index contributed by atoms with van der Waals surface area (Å²) < 4.78 is 4.99. The van der Waals surface area contributed by atoms with Crippen LogP contribution in [0.1, 0.15) is 6.42 Å². The van der Waals surface area contributed by atoms with E-state index < -0.39 is 0 Å². The van der Waals surface area contributed by atoms with Crippen LogP contribution in [0.25, 0.3) is 0 Å². The van der Waals surface area contributed by atoms with Crippen LogP contribution in [0.5, 0.6) is 0 Å². The van der Waals surface area contributed by atoms with E-state index in [0.29, 0.717) is 12.4 Å². The summed E-state index contributed by atoms with van der Waals surface area (Å²) in [6.45, 7) is 0.310. The third kappa shape index (κ3) is 4.01. The molecule has 0 aliphatic rings. The highest BCUT2D eigenvalue weighted by molar-refractivity contribution is 5.89. The molecule has 1 aromatic rings. The predicted octanol–water partition coefficient (Wildman–Crippen LogP) is -0.221. The van der Waals surface area contributed by atoms with Gasteiger partial charge in [0, 0.05) is 19.9 Å². The molecule has 6 heteroatoms. The summed E-state index contributed by atoms with van der Waals surface area (Å²) in [7, 11) is 1.52. The van der Waals surface area contributed by atoms with E-state index >= 15 is 0 Å². The Kier molecular flexibility index (Phi) is 4.65. The minimum atomic E-state index is -0.262. The highest BCUT2D eigenvalue weighted by atomic mass is 16.5. The first-order chi connectivity index (χ1) is 7.26. The average molecular weight is 210 g/mol. The molecule has 0 aromatic carbocycles. The Morgan fingerprint density at radius 2 is 2.53 bits per heavy atom. The lowest BCUT2D eigenvalue weighted by atomic mass is 10.2. The van der Waals surface area contributed by atoms with Gasteiger partial charge in [0.05, 0.1) is 12.5 Å². The molecular weight excluding hydrogens is 196 g/mol. The molecule has 6 nitrogen and oxygen atoms in total. The number of aromatic nitrogens is 2. The number of nitrogens with two attached hydrogens (primary N) is 1. The van der Waals surface area contributed by atoms with Crippen LogP contribution in [0.15, 0.2) is 18.3 Å². The van der Waals surface area contributed by atoms with E-state index in [1.54, 1.807) is 12.1 Å². The maximum atomic E-state index is 11.4. The third-order valence-corrected chi connectivity index (χ3v) is 1.85. The van der Waals surface area contributed by atoms with Crippen molar-refractivity contribution in [3.8, 4) is 0 Å². The Morgan fingerprint density at radius 3 is 3.07 bits per heavy atom. The summed E-state index contributed by atoms with van der Waals surface area (Å²) in [4.78, 5) is 11.4. The molecule has 0 spiro atoms. The quantitative estimate of drug-likeness (QED) is 0.701. The summed E-state index contributed by atoms with van der Waals surface area (Å²) in [5.74, 6) is 0.238. The Morgan fingerprint density at radius 1 is 1.73 bits per heavy atom. The molecule has 1 unspecified atom stereocenters. The lowest BCUT2D eigenvalue weighted by Gasteiger charge is -2.11. The van der Waals surface area contributed by atoms with E-state index in [1.807, 2.05) is 0 Å². The van der Waals surface area contributed by atoms with E-state index in [4.69, 9.17) is 10.5 Å². The molecule has 0 saturated carbocycles. The van der Waals surface area contributed by atoms with E-state index in [0.717, 1.165) is 0 Å². The van der Waals surface area contributed by atoms with Crippen molar-refractivity contribution in [3.63, 3.8) is 0 Å². The van der Waals surface area contributed by atoms with Gasteiger partial charge in [-0.2, -0.15) is 5.10 Å². The van der Waals surface area contributed by atoms with Gasteiger partial charge in [0.2, 0.25) is 5.91 Å². The second kappa shape index (κ2) is 6.05. The summed E-state index contributed by atoms with van der Waals surface area (Å²) >= 11 is 0. The monoisotopic (exact) mass is 210 g/mol. The van der Waals surface area contributed by atoms with Crippen molar-refractivity contribution < 1.29 is 9.53 Å². The van der Waals surface area contributed by atoms with Gasteiger partial charge in [-0.05, 0) is 12.1 Å². The fourth-order valence-corrected chi connectivity index (χ4v) is 1.03. The minimum Gasteiger partial charge on any atom is -0.380 e. The topological polar surface area (TPSA) is 90.1 Å². The number of carbonyl (C=O) groups excluding carboxylic acids is 1. The van der Waals surface area contributed by atoms with Crippen molar-refractivity contribution in [2.45, 2.75) is 12.5 Å². The van der Waals surface area contributed by atoms with E-state index in [1.165, 1.54) is 13.3 Å². The molecule has 0 radical (unpaired) electrons. The molecule has 0 aliphatic heterocycles. The number of hydrogen-bond acceptors (Lipinski definition) is 5. The van der Waals surface area contributed by atoms with Crippen LogP contribution in [0, 0.1) is 0 Å². The number of nitrogens with zero attached hydrogens (tertiary/aromatic N) is 2. The number of rotatable bonds is 5. The molecule has 1 amide bonds. The van der Waals surface area contributed by atoms with Crippen molar-refractivity contribution in [3.05, 3.63) is 18.3 Å². The smallest absolute Gasteiger partial charge is 0.228 e. The first-order valence-electron chi connectivity index (χ1n) is 4.56. The van der Waals surface area contributed by atoms with Gasteiger partial charge in [0.1, 0.15) is 0 Å². The number of anilines is 1. The van der Waals surface area contributed by atoms with Gasteiger partial charge in [-0.15, -0.1) is 5.10 Å². The second-order valence-electron chi connectivity index (χ2n) is 2.95. The van der Waals surface area contributed by atoms with Crippen molar-refractivity contribution in [2.24, 2.45) is 5.73 Å². The van der Waals surface area contributed by atoms with Crippen molar-refractivity contribution in [2.75, 3.05) is 19.0 Å². The fourth-order valence-electron chi connectivity index (χ4n) is 1.03. The fraction of sp³-hybridized carbons (Fsp3) is 0.444. The molecule has 82 valence electrons. The van der Waals surface area contributed by atoms with Gasteiger partial charge in [0.15, 0.2) is 5.82 Å². The van der Waals surface area contributed by atoms with Gasteiger partial charge < -0.3 is 15.8 Å². The molecule has 1 rings (SSSR count). The average Bonchev–Trinajstić information content (AvgIpc) is 2.27. The molecule has 0 fully saturated rings. The first-order valence-corrected chi connectivity index (χ1v) is 4.56. The maximum absolute atomic E-state index is 11.4. The summed E-state index contributed by atoms with van der Waals surface area (Å²) in [6.07, 6.45) is 1.48. The molecular formula is C9H14N4O2. The number of carbonyl (C=O) groups is 1. The van der Waals surface area contributed by atoms with Crippen LogP contribution in [-0.2, 0) is 9.53 Å². The summed E-state index contributed by atoms with van der Waals surface area (Å²) in [5.41, 5.74) is 5.39. The zero-order chi connectivity index (χ0) is 11.1. The minimum absolute atomic E-state index is 0.187. The molecule has 0 bridgehead atoms. The second-order valence-corrected chi connectivity index (χ2v) is 2.95. The highest BCUT2D eigenvalue weighted by Gasteiger charge is 2.11. The summed E-state index contributed by atoms with van der Waals surface area (Å²) in [6, 6.07) is 3.36. The van der Waals surface area contributed by atoms with Crippen molar-refractivity contribution >= 4 is 11.7 Å². The van der Waals surface area contributed by atoms with Crippen molar-refractivity contribution in [1.29, 1.82) is 0 Å². The zero-order valence-electron chi connectivity index (χ0n) is 8.51. The van der Waals surface area contributed by atoms with Gasteiger partial charge in [-0.25, -0.2) is 0 Å². The van der Waals surface area contributed by atoms with Gasteiger partial charge in [0.25, 0.3) is 0 Å². The Balaban J connectivity index is 2.43. The van der Waals surface area contributed by atoms with Gasteiger partial charge in [-0.1, -0.05) is 0 Å². The zero-order valence-corrected chi connectivity index (χ0v) is 8.51. The highest BCUT2D eigenvalue weighted by Crippen LogP contribution is 2.01. The van der Waals surface area contributed by atoms with Crippen molar-refractivity contribution in [1.82, 2.24) is 10.2 Å². The number of hydrogen-bond donors (Lipinski definition) is 2. The number of methoxy groups -OCH3 is 1. The van der Waals surface area contributed by atoms with Crippen LogP contribution in [0.3, 0.4) is 0 Å². The number of nitrogens with one attached hydrogen (secondary N) is 1. The van der Waals surface area contributed by atoms with Crippen LogP contribution in [0.4, 0.5) is 5.82 Å². The van der Waals surface area contributed by atoms with Gasteiger partial charge in [-0.3, -0.25) is 4.79 Å². The maximum Gasteiger partial charge on any atom is 0.228 e. The Bertz CT molecular complexity index is 300. The van der Waals surface area contributed by atoms with Gasteiger partial charge >= 0.3 is 0 Å².